The molecular formula is C12H26N2O3S. The molecule has 0 aliphatic carbocycles. The molecule has 1 aliphatic heterocycles. The van der Waals surface area contributed by atoms with Crippen molar-refractivity contribution in [3.05, 3.63) is 0 Å². The molecule has 1 fully saturated rings. The van der Waals surface area contributed by atoms with Gasteiger partial charge in [-0.15, -0.1) is 0 Å². The highest BCUT2D eigenvalue weighted by Gasteiger charge is 2.26. The SMILES string of the molecule is CCS(=O)(=O)NCCCN1C(C)CCCC1CO. The molecule has 1 aliphatic rings. The Morgan fingerprint density at radius 2 is 2.11 bits per heavy atom. The van der Waals surface area contributed by atoms with Crippen molar-refractivity contribution in [1.82, 2.24) is 9.62 Å². The van der Waals surface area contributed by atoms with Gasteiger partial charge in [0, 0.05) is 25.2 Å². The Labute approximate surface area is 111 Å². The molecule has 1 rings (SSSR count). The average Bonchev–Trinajstić information content (AvgIpc) is 2.36. The van der Waals surface area contributed by atoms with Gasteiger partial charge < -0.3 is 5.11 Å². The molecule has 0 aromatic rings. The van der Waals surface area contributed by atoms with Crippen LogP contribution < -0.4 is 4.72 Å². The quantitative estimate of drug-likeness (QED) is 0.667. The van der Waals surface area contributed by atoms with E-state index in [4.69, 9.17) is 0 Å². The van der Waals surface area contributed by atoms with Gasteiger partial charge in [-0.2, -0.15) is 0 Å². The molecule has 0 spiro atoms. The van der Waals surface area contributed by atoms with Crippen molar-refractivity contribution in [2.45, 2.75) is 51.6 Å². The van der Waals surface area contributed by atoms with Crippen LogP contribution in [0.2, 0.25) is 0 Å². The van der Waals surface area contributed by atoms with Crippen LogP contribution in [0, 0.1) is 0 Å². The lowest BCUT2D eigenvalue weighted by Crippen LogP contribution is -2.48. The third-order valence-corrected chi connectivity index (χ3v) is 5.10. The molecule has 108 valence electrons. The van der Waals surface area contributed by atoms with Crippen LogP contribution in [0.5, 0.6) is 0 Å². The van der Waals surface area contributed by atoms with E-state index >= 15 is 0 Å². The third-order valence-electron chi connectivity index (χ3n) is 3.70. The molecule has 0 aromatic heterocycles. The summed E-state index contributed by atoms with van der Waals surface area (Å²) in [7, 11) is -3.07. The summed E-state index contributed by atoms with van der Waals surface area (Å²) in [6.45, 7) is 5.34. The number of sulfonamides is 1. The lowest BCUT2D eigenvalue weighted by molar-refractivity contribution is 0.0513. The summed E-state index contributed by atoms with van der Waals surface area (Å²) >= 11 is 0. The Hall–Kier alpha value is -0.170. The van der Waals surface area contributed by atoms with Crippen molar-refractivity contribution in [1.29, 1.82) is 0 Å². The van der Waals surface area contributed by atoms with E-state index in [1.807, 2.05) is 0 Å². The van der Waals surface area contributed by atoms with E-state index in [1.54, 1.807) is 6.92 Å². The van der Waals surface area contributed by atoms with Gasteiger partial charge in [-0.1, -0.05) is 6.42 Å². The molecule has 5 nitrogen and oxygen atoms in total. The Bertz CT molecular complexity index is 332. The molecule has 1 saturated heterocycles. The van der Waals surface area contributed by atoms with E-state index in [0.29, 0.717) is 12.6 Å². The molecule has 2 N–H and O–H groups in total. The summed E-state index contributed by atoms with van der Waals surface area (Å²) in [6.07, 6.45) is 4.17. The summed E-state index contributed by atoms with van der Waals surface area (Å²) in [5, 5.41) is 9.35. The predicted octanol–water partition coefficient (Wildman–Crippen LogP) is 0.551. The van der Waals surface area contributed by atoms with Crippen LogP contribution in [0.1, 0.15) is 39.5 Å². The fraction of sp³-hybridized carbons (Fsp3) is 1.00. The second-order valence-electron chi connectivity index (χ2n) is 5.01. The van der Waals surface area contributed by atoms with Crippen molar-refractivity contribution in [3.63, 3.8) is 0 Å². The zero-order valence-electron chi connectivity index (χ0n) is 11.4. The number of hydrogen-bond donors (Lipinski definition) is 2. The molecule has 0 amide bonds. The lowest BCUT2D eigenvalue weighted by atomic mass is 9.96. The van der Waals surface area contributed by atoms with Crippen molar-refractivity contribution in [3.8, 4) is 0 Å². The Morgan fingerprint density at radius 3 is 2.72 bits per heavy atom. The van der Waals surface area contributed by atoms with Gasteiger partial charge in [0.1, 0.15) is 0 Å². The second kappa shape index (κ2) is 7.43. The van der Waals surface area contributed by atoms with E-state index in [1.165, 1.54) is 6.42 Å². The minimum atomic E-state index is -3.07. The topological polar surface area (TPSA) is 69.6 Å². The second-order valence-corrected chi connectivity index (χ2v) is 7.10. The standard InChI is InChI=1S/C12H26N2O3S/c1-3-18(16,17)13-8-5-9-14-11(2)6-4-7-12(14)10-15/h11-13,15H,3-10H2,1-2H3. The van der Waals surface area contributed by atoms with Gasteiger partial charge in [0.2, 0.25) is 10.0 Å². The van der Waals surface area contributed by atoms with E-state index in [2.05, 4.69) is 16.5 Å². The monoisotopic (exact) mass is 278 g/mol. The number of nitrogens with zero attached hydrogens (tertiary/aromatic N) is 1. The normalized spacial score (nSPS) is 26.4. The highest BCUT2D eigenvalue weighted by molar-refractivity contribution is 7.89. The van der Waals surface area contributed by atoms with Crippen LogP contribution in [-0.2, 0) is 10.0 Å². The zero-order valence-corrected chi connectivity index (χ0v) is 12.2. The van der Waals surface area contributed by atoms with Crippen molar-refractivity contribution in [2.75, 3.05) is 25.4 Å². The summed E-state index contributed by atoms with van der Waals surface area (Å²) in [4.78, 5) is 2.31. The van der Waals surface area contributed by atoms with Gasteiger partial charge in [-0.3, -0.25) is 4.90 Å². The maximum atomic E-state index is 11.3. The summed E-state index contributed by atoms with van der Waals surface area (Å²) < 4.78 is 25.1. The highest BCUT2D eigenvalue weighted by atomic mass is 32.2. The molecule has 18 heavy (non-hydrogen) atoms. The third kappa shape index (κ3) is 4.84. The first-order valence-corrected chi connectivity index (χ1v) is 8.49. The van der Waals surface area contributed by atoms with Crippen LogP contribution >= 0.6 is 0 Å². The van der Waals surface area contributed by atoms with Gasteiger partial charge in [0.05, 0.1) is 12.4 Å². The molecule has 2 unspecified atom stereocenters. The molecule has 6 heteroatoms. The van der Waals surface area contributed by atoms with E-state index in [0.717, 1.165) is 25.8 Å². The first-order chi connectivity index (χ1) is 8.50. The smallest absolute Gasteiger partial charge is 0.211 e. The predicted molar refractivity (Wildman–Crippen MR) is 73.0 cm³/mol. The van der Waals surface area contributed by atoms with Gasteiger partial charge in [0.15, 0.2) is 0 Å². The fourth-order valence-electron chi connectivity index (χ4n) is 2.53. The number of nitrogens with one attached hydrogen (secondary N) is 1. The van der Waals surface area contributed by atoms with Crippen molar-refractivity contribution >= 4 is 10.0 Å². The summed E-state index contributed by atoms with van der Waals surface area (Å²) in [5.41, 5.74) is 0. The summed E-state index contributed by atoms with van der Waals surface area (Å²) in [5.74, 6) is 0.131. The van der Waals surface area contributed by atoms with Gasteiger partial charge in [0.25, 0.3) is 0 Å². The Kier molecular flexibility index (Phi) is 6.55. The number of hydrogen-bond acceptors (Lipinski definition) is 4. The molecule has 2 atom stereocenters. The van der Waals surface area contributed by atoms with E-state index in [-0.39, 0.29) is 18.4 Å². The van der Waals surface area contributed by atoms with Crippen LogP contribution in [0.4, 0.5) is 0 Å². The van der Waals surface area contributed by atoms with E-state index < -0.39 is 10.0 Å². The Morgan fingerprint density at radius 1 is 1.39 bits per heavy atom. The van der Waals surface area contributed by atoms with Crippen LogP contribution in [0.25, 0.3) is 0 Å². The molecule has 0 bridgehead atoms. The van der Waals surface area contributed by atoms with Gasteiger partial charge >= 0.3 is 0 Å². The number of aliphatic hydroxyl groups is 1. The molecule has 1 heterocycles. The summed E-state index contributed by atoms with van der Waals surface area (Å²) in [6, 6.07) is 0.732. The largest absolute Gasteiger partial charge is 0.395 e. The van der Waals surface area contributed by atoms with Crippen LogP contribution in [0.3, 0.4) is 0 Å². The average molecular weight is 278 g/mol. The van der Waals surface area contributed by atoms with Crippen LogP contribution in [0.15, 0.2) is 0 Å². The molecule has 0 radical (unpaired) electrons. The lowest BCUT2D eigenvalue weighted by Gasteiger charge is -2.39. The van der Waals surface area contributed by atoms with Crippen LogP contribution in [-0.4, -0.2) is 56.0 Å². The van der Waals surface area contributed by atoms with Crippen molar-refractivity contribution < 1.29 is 13.5 Å². The van der Waals surface area contributed by atoms with Crippen molar-refractivity contribution in [2.24, 2.45) is 0 Å². The molecule has 0 aromatic carbocycles. The number of piperidine rings is 1. The fourth-order valence-corrected chi connectivity index (χ4v) is 3.19. The molecular weight excluding hydrogens is 252 g/mol. The minimum absolute atomic E-state index is 0.131. The van der Waals surface area contributed by atoms with Gasteiger partial charge in [-0.05, 0) is 33.1 Å². The minimum Gasteiger partial charge on any atom is -0.395 e. The number of rotatable bonds is 7. The maximum absolute atomic E-state index is 11.3. The number of aliphatic hydroxyl groups excluding tert-OH is 1. The first kappa shape index (κ1) is 15.9. The maximum Gasteiger partial charge on any atom is 0.211 e. The van der Waals surface area contributed by atoms with E-state index in [9.17, 15) is 13.5 Å². The zero-order chi connectivity index (χ0) is 13.6. The Balaban J connectivity index is 2.32. The first-order valence-electron chi connectivity index (χ1n) is 6.84. The number of likely N-dealkylation sites (tertiary alicyclic amines) is 1. The highest BCUT2D eigenvalue weighted by Crippen LogP contribution is 2.22. The molecule has 0 saturated carbocycles. The van der Waals surface area contributed by atoms with Gasteiger partial charge in [-0.25, -0.2) is 13.1 Å².